The summed E-state index contributed by atoms with van der Waals surface area (Å²) in [5, 5.41) is 2.75. The normalized spacial score (nSPS) is 17.3. The highest BCUT2D eigenvalue weighted by atomic mass is 32.2. The van der Waals surface area contributed by atoms with Crippen molar-refractivity contribution in [1.82, 2.24) is 4.31 Å². The molecule has 0 saturated heterocycles. The van der Waals surface area contributed by atoms with Gasteiger partial charge in [0.15, 0.2) is 0 Å². The van der Waals surface area contributed by atoms with E-state index in [0.29, 0.717) is 12.1 Å². The van der Waals surface area contributed by atoms with Crippen molar-refractivity contribution in [2.45, 2.75) is 36.1 Å². The van der Waals surface area contributed by atoms with Gasteiger partial charge in [-0.2, -0.15) is 0 Å². The lowest BCUT2D eigenvalue weighted by atomic mass is 9.75. The largest absolute Gasteiger partial charge is 0.326 e. The summed E-state index contributed by atoms with van der Waals surface area (Å²) in [5.41, 5.74) is 6.23. The Labute approximate surface area is 125 Å². The van der Waals surface area contributed by atoms with Crippen LogP contribution in [0.2, 0.25) is 0 Å². The lowest BCUT2D eigenvalue weighted by Crippen LogP contribution is -2.48. The van der Waals surface area contributed by atoms with Crippen molar-refractivity contribution >= 4 is 21.6 Å². The second-order valence-electron chi connectivity index (χ2n) is 5.75. The molecule has 0 spiro atoms. The summed E-state index contributed by atoms with van der Waals surface area (Å²) in [7, 11) is -0.492. The van der Waals surface area contributed by atoms with Gasteiger partial charge in [0.05, 0.1) is 4.90 Å². The van der Waals surface area contributed by atoms with E-state index >= 15 is 0 Å². The molecule has 0 unspecified atom stereocenters. The molecule has 0 aromatic heterocycles. The maximum atomic E-state index is 11.9. The molecule has 1 saturated carbocycles. The number of nitrogens with zero attached hydrogens (tertiary/aromatic N) is 1. The Bertz CT molecular complexity index is 619. The van der Waals surface area contributed by atoms with Crippen molar-refractivity contribution in [2.24, 2.45) is 5.73 Å². The number of amides is 1. The fourth-order valence-corrected chi connectivity index (χ4v) is 3.16. The third-order valence-electron chi connectivity index (χ3n) is 3.78. The van der Waals surface area contributed by atoms with Crippen molar-refractivity contribution in [3.63, 3.8) is 0 Å². The van der Waals surface area contributed by atoms with Crippen molar-refractivity contribution in [2.75, 3.05) is 19.4 Å². The van der Waals surface area contributed by atoms with Gasteiger partial charge in [-0.05, 0) is 43.5 Å². The van der Waals surface area contributed by atoms with Gasteiger partial charge in [0, 0.05) is 31.7 Å². The Balaban J connectivity index is 2.01. The number of anilines is 1. The molecule has 2 rings (SSSR count). The van der Waals surface area contributed by atoms with E-state index in [9.17, 15) is 13.2 Å². The van der Waals surface area contributed by atoms with Crippen LogP contribution in [0, 0.1) is 0 Å². The molecule has 0 atom stereocenters. The number of hydrogen-bond donors (Lipinski definition) is 2. The van der Waals surface area contributed by atoms with Crippen LogP contribution in [0.1, 0.15) is 25.7 Å². The van der Waals surface area contributed by atoms with Crippen LogP contribution < -0.4 is 11.1 Å². The smallest absolute Gasteiger partial charge is 0.242 e. The molecular weight excluding hydrogens is 290 g/mol. The minimum Gasteiger partial charge on any atom is -0.326 e. The van der Waals surface area contributed by atoms with Gasteiger partial charge in [-0.25, -0.2) is 12.7 Å². The molecule has 0 radical (unpaired) electrons. The van der Waals surface area contributed by atoms with Gasteiger partial charge in [-0.1, -0.05) is 0 Å². The molecular formula is C14H21N3O3S. The van der Waals surface area contributed by atoms with Crippen LogP contribution in [0.15, 0.2) is 29.2 Å². The number of carbonyl (C=O) groups excluding carboxylic acids is 1. The summed E-state index contributed by atoms with van der Waals surface area (Å²) < 4.78 is 25.0. The quantitative estimate of drug-likeness (QED) is 0.853. The Morgan fingerprint density at radius 2 is 1.86 bits per heavy atom. The van der Waals surface area contributed by atoms with Crippen LogP contribution in [0.4, 0.5) is 5.69 Å². The van der Waals surface area contributed by atoms with E-state index in [4.69, 9.17) is 5.73 Å². The van der Waals surface area contributed by atoms with Gasteiger partial charge in [0.2, 0.25) is 15.9 Å². The highest BCUT2D eigenvalue weighted by molar-refractivity contribution is 7.89. The molecule has 1 amide bonds. The SMILES string of the molecule is CN(C)S(=O)(=O)c1ccc(NC(=O)CC2(N)CCC2)cc1. The maximum Gasteiger partial charge on any atom is 0.242 e. The minimum atomic E-state index is -3.45. The molecule has 1 aliphatic rings. The fraction of sp³-hybridized carbons (Fsp3) is 0.500. The Kier molecular flexibility index (Phi) is 4.36. The highest BCUT2D eigenvalue weighted by Gasteiger charge is 2.34. The number of nitrogens with one attached hydrogen (secondary N) is 1. The third-order valence-corrected chi connectivity index (χ3v) is 5.61. The lowest BCUT2D eigenvalue weighted by molar-refractivity contribution is -0.118. The maximum absolute atomic E-state index is 11.9. The monoisotopic (exact) mass is 311 g/mol. The van der Waals surface area contributed by atoms with Crippen molar-refractivity contribution in [1.29, 1.82) is 0 Å². The number of hydrogen-bond acceptors (Lipinski definition) is 4. The molecule has 3 N–H and O–H groups in total. The van der Waals surface area contributed by atoms with Gasteiger partial charge < -0.3 is 11.1 Å². The number of benzene rings is 1. The average molecular weight is 311 g/mol. The number of sulfonamides is 1. The predicted molar refractivity (Wildman–Crippen MR) is 81.3 cm³/mol. The molecule has 0 bridgehead atoms. The average Bonchev–Trinajstić information content (AvgIpc) is 2.37. The van der Waals surface area contributed by atoms with Crippen LogP contribution in [-0.4, -0.2) is 38.3 Å². The molecule has 1 fully saturated rings. The Morgan fingerprint density at radius 3 is 2.29 bits per heavy atom. The summed E-state index contributed by atoms with van der Waals surface area (Å²) >= 11 is 0. The summed E-state index contributed by atoms with van der Waals surface area (Å²) in [6.45, 7) is 0. The molecule has 7 heteroatoms. The van der Waals surface area contributed by atoms with Crippen LogP contribution in [-0.2, 0) is 14.8 Å². The third kappa shape index (κ3) is 3.61. The fourth-order valence-electron chi connectivity index (χ4n) is 2.25. The Morgan fingerprint density at radius 1 is 1.29 bits per heavy atom. The lowest BCUT2D eigenvalue weighted by Gasteiger charge is -2.37. The first kappa shape index (κ1) is 15.9. The van der Waals surface area contributed by atoms with Gasteiger partial charge >= 0.3 is 0 Å². The number of carbonyl (C=O) groups is 1. The molecule has 1 aliphatic carbocycles. The van der Waals surface area contributed by atoms with E-state index in [2.05, 4.69) is 5.32 Å². The van der Waals surface area contributed by atoms with Crippen LogP contribution >= 0.6 is 0 Å². The van der Waals surface area contributed by atoms with E-state index in [0.717, 1.165) is 23.6 Å². The first-order valence-corrected chi connectivity index (χ1v) is 8.28. The van der Waals surface area contributed by atoms with Crippen LogP contribution in [0.25, 0.3) is 0 Å². The zero-order valence-corrected chi connectivity index (χ0v) is 13.1. The first-order chi connectivity index (χ1) is 9.73. The van der Waals surface area contributed by atoms with Gasteiger partial charge in [0.1, 0.15) is 0 Å². The standard InChI is InChI=1S/C14H21N3O3S/c1-17(2)21(19,20)12-6-4-11(5-7-12)16-13(18)10-14(15)8-3-9-14/h4-7H,3,8-10,15H2,1-2H3,(H,16,18). The van der Waals surface area contributed by atoms with Gasteiger partial charge in [-0.3, -0.25) is 4.79 Å². The van der Waals surface area contributed by atoms with Crippen LogP contribution in [0.3, 0.4) is 0 Å². The number of rotatable bonds is 5. The second kappa shape index (κ2) is 5.75. The molecule has 21 heavy (non-hydrogen) atoms. The summed E-state index contributed by atoms with van der Waals surface area (Å²) in [5.74, 6) is -0.139. The topological polar surface area (TPSA) is 92.5 Å². The van der Waals surface area contributed by atoms with E-state index < -0.39 is 10.0 Å². The zero-order chi connectivity index (χ0) is 15.7. The summed E-state index contributed by atoms with van der Waals surface area (Å²) in [6.07, 6.45) is 3.12. The second-order valence-corrected chi connectivity index (χ2v) is 7.90. The summed E-state index contributed by atoms with van der Waals surface area (Å²) in [6, 6.07) is 6.12. The van der Waals surface area contributed by atoms with E-state index in [1.54, 1.807) is 12.1 Å². The van der Waals surface area contributed by atoms with Crippen molar-refractivity contribution < 1.29 is 13.2 Å². The van der Waals surface area contributed by atoms with E-state index in [1.165, 1.54) is 26.2 Å². The molecule has 0 heterocycles. The first-order valence-electron chi connectivity index (χ1n) is 6.84. The Hall–Kier alpha value is -1.44. The summed E-state index contributed by atoms with van der Waals surface area (Å²) in [4.78, 5) is 12.1. The zero-order valence-electron chi connectivity index (χ0n) is 12.3. The molecule has 1 aromatic rings. The van der Waals surface area contributed by atoms with Crippen molar-refractivity contribution in [3.8, 4) is 0 Å². The van der Waals surface area contributed by atoms with Gasteiger partial charge in [-0.15, -0.1) is 0 Å². The minimum absolute atomic E-state index is 0.139. The van der Waals surface area contributed by atoms with Crippen molar-refractivity contribution in [3.05, 3.63) is 24.3 Å². The van der Waals surface area contributed by atoms with E-state index in [-0.39, 0.29) is 16.3 Å². The molecule has 1 aromatic carbocycles. The molecule has 0 aliphatic heterocycles. The molecule has 116 valence electrons. The van der Waals surface area contributed by atoms with Crippen LogP contribution in [0.5, 0.6) is 0 Å². The van der Waals surface area contributed by atoms with Gasteiger partial charge in [0.25, 0.3) is 0 Å². The molecule has 6 nitrogen and oxygen atoms in total. The predicted octanol–water partition coefficient (Wildman–Crippen LogP) is 1.15. The number of nitrogens with two attached hydrogens (primary N) is 1. The van der Waals surface area contributed by atoms with E-state index in [1.807, 2.05) is 0 Å². The highest BCUT2D eigenvalue weighted by Crippen LogP contribution is 2.32.